The van der Waals surface area contributed by atoms with Gasteiger partial charge in [0.2, 0.25) is 5.91 Å². The topological polar surface area (TPSA) is 58.4 Å². The van der Waals surface area contributed by atoms with Crippen LogP contribution in [-0.4, -0.2) is 36.0 Å². The Bertz CT molecular complexity index is 417. The zero-order chi connectivity index (χ0) is 14.4. The molecule has 1 aliphatic carbocycles. The number of rotatable bonds is 8. The van der Waals surface area contributed by atoms with E-state index in [-0.39, 0.29) is 11.9 Å². The van der Waals surface area contributed by atoms with Crippen molar-refractivity contribution in [3.63, 3.8) is 0 Å². The molecule has 0 bridgehead atoms. The molecule has 1 fully saturated rings. The lowest BCUT2D eigenvalue weighted by atomic mass is 10.1. The Morgan fingerprint density at radius 2 is 2.10 bits per heavy atom. The van der Waals surface area contributed by atoms with E-state index in [9.17, 15) is 4.79 Å². The van der Waals surface area contributed by atoms with Crippen molar-refractivity contribution in [3.05, 3.63) is 35.9 Å². The van der Waals surface area contributed by atoms with Gasteiger partial charge in [-0.25, -0.2) is 0 Å². The van der Waals surface area contributed by atoms with Crippen LogP contribution < -0.4 is 11.1 Å². The van der Waals surface area contributed by atoms with Gasteiger partial charge in [0, 0.05) is 31.6 Å². The number of benzene rings is 1. The standard InChI is InChI=1S/C16H25N3O/c1-2-19(12-13-6-4-3-5-7-13)15(11-17)10-16(20)18-14-8-9-14/h3-7,14-15H,2,8-12,17H2,1H3,(H,18,20). The number of hydrogen-bond acceptors (Lipinski definition) is 3. The van der Waals surface area contributed by atoms with Gasteiger partial charge in [-0.05, 0) is 24.9 Å². The van der Waals surface area contributed by atoms with Crippen LogP contribution in [0, 0.1) is 0 Å². The van der Waals surface area contributed by atoms with Gasteiger partial charge in [-0.2, -0.15) is 0 Å². The third-order valence-electron chi connectivity index (χ3n) is 3.79. The highest BCUT2D eigenvalue weighted by Gasteiger charge is 2.25. The Morgan fingerprint density at radius 3 is 2.65 bits per heavy atom. The largest absolute Gasteiger partial charge is 0.353 e. The first-order chi connectivity index (χ1) is 9.72. The Kier molecular flexibility index (Phi) is 5.56. The van der Waals surface area contributed by atoms with Gasteiger partial charge in [0.25, 0.3) is 0 Å². The third-order valence-corrected chi connectivity index (χ3v) is 3.79. The maximum atomic E-state index is 11.9. The van der Waals surface area contributed by atoms with E-state index in [2.05, 4.69) is 29.3 Å². The Morgan fingerprint density at radius 1 is 1.40 bits per heavy atom. The normalized spacial score (nSPS) is 16.1. The Balaban J connectivity index is 1.90. The summed E-state index contributed by atoms with van der Waals surface area (Å²) in [7, 11) is 0. The van der Waals surface area contributed by atoms with Gasteiger partial charge < -0.3 is 11.1 Å². The fraction of sp³-hybridized carbons (Fsp3) is 0.562. The third kappa shape index (κ3) is 4.62. The molecule has 110 valence electrons. The highest BCUT2D eigenvalue weighted by molar-refractivity contribution is 5.77. The number of nitrogens with two attached hydrogens (primary N) is 1. The molecule has 0 spiro atoms. The summed E-state index contributed by atoms with van der Waals surface area (Å²) in [6.07, 6.45) is 2.74. The van der Waals surface area contributed by atoms with Gasteiger partial charge in [-0.15, -0.1) is 0 Å². The number of nitrogens with zero attached hydrogens (tertiary/aromatic N) is 1. The van der Waals surface area contributed by atoms with Gasteiger partial charge >= 0.3 is 0 Å². The number of amides is 1. The summed E-state index contributed by atoms with van der Waals surface area (Å²) in [5, 5.41) is 3.04. The first-order valence-electron chi connectivity index (χ1n) is 7.50. The molecule has 1 unspecified atom stereocenters. The first-order valence-corrected chi connectivity index (χ1v) is 7.50. The molecule has 20 heavy (non-hydrogen) atoms. The molecule has 0 heterocycles. The molecule has 1 aliphatic rings. The summed E-state index contributed by atoms with van der Waals surface area (Å²) in [6, 6.07) is 10.9. The summed E-state index contributed by atoms with van der Waals surface area (Å²) in [6.45, 7) is 4.37. The zero-order valence-electron chi connectivity index (χ0n) is 12.2. The van der Waals surface area contributed by atoms with E-state index >= 15 is 0 Å². The molecule has 1 aromatic carbocycles. The molecule has 1 saturated carbocycles. The second-order valence-electron chi connectivity index (χ2n) is 5.48. The average Bonchev–Trinajstić information content (AvgIpc) is 3.27. The van der Waals surface area contributed by atoms with Crippen LogP contribution in [0.2, 0.25) is 0 Å². The predicted octanol–water partition coefficient (Wildman–Crippen LogP) is 1.50. The van der Waals surface area contributed by atoms with Gasteiger partial charge in [0.05, 0.1) is 0 Å². The molecule has 0 aromatic heterocycles. The maximum absolute atomic E-state index is 11.9. The molecule has 4 nitrogen and oxygen atoms in total. The Labute approximate surface area is 121 Å². The fourth-order valence-electron chi connectivity index (χ4n) is 2.41. The van der Waals surface area contributed by atoms with Crippen LogP contribution in [0.5, 0.6) is 0 Å². The van der Waals surface area contributed by atoms with Crippen molar-refractivity contribution in [2.24, 2.45) is 5.73 Å². The van der Waals surface area contributed by atoms with Crippen molar-refractivity contribution in [1.82, 2.24) is 10.2 Å². The van der Waals surface area contributed by atoms with Crippen LogP contribution in [0.4, 0.5) is 0 Å². The molecule has 4 heteroatoms. The van der Waals surface area contributed by atoms with Crippen molar-refractivity contribution >= 4 is 5.91 Å². The molecule has 0 saturated heterocycles. The van der Waals surface area contributed by atoms with E-state index in [1.54, 1.807) is 0 Å². The van der Waals surface area contributed by atoms with Crippen LogP contribution in [0.15, 0.2) is 30.3 Å². The number of carbonyl (C=O) groups excluding carboxylic acids is 1. The number of hydrogen-bond donors (Lipinski definition) is 2. The fourth-order valence-corrected chi connectivity index (χ4v) is 2.41. The quantitative estimate of drug-likeness (QED) is 0.756. The van der Waals surface area contributed by atoms with Crippen LogP contribution >= 0.6 is 0 Å². The molecule has 3 N–H and O–H groups in total. The van der Waals surface area contributed by atoms with Crippen molar-refractivity contribution in [3.8, 4) is 0 Å². The highest BCUT2D eigenvalue weighted by atomic mass is 16.1. The number of nitrogens with one attached hydrogen (secondary N) is 1. The van der Waals surface area contributed by atoms with E-state index in [0.717, 1.165) is 25.9 Å². The van der Waals surface area contributed by atoms with E-state index in [1.807, 2.05) is 18.2 Å². The maximum Gasteiger partial charge on any atom is 0.221 e. The van der Waals surface area contributed by atoms with Gasteiger partial charge in [0.1, 0.15) is 0 Å². The first kappa shape index (κ1) is 15.0. The number of carbonyl (C=O) groups is 1. The summed E-state index contributed by atoms with van der Waals surface area (Å²) in [5.74, 6) is 0.134. The van der Waals surface area contributed by atoms with Crippen molar-refractivity contribution in [2.75, 3.05) is 13.1 Å². The van der Waals surface area contributed by atoms with Gasteiger partial charge in [-0.1, -0.05) is 37.3 Å². The molecule has 0 radical (unpaired) electrons. The molecule has 1 aromatic rings. The molecular formula is C16H25N3O. The lowest BCUT2D eigenvalue weighted by molar-refractivity contribution is -0.122. The Hall–Kier alpha value is -1.39. The van der Waals surface area contributed by atoms with E-state index in [1.165, 1.54) is 5.56 Å². The van der Waals surface area contributed by atoms with Crippen molar-refractivity contribution < 1.29 is 4.79 Å². The minimum atomic E-state index is 0.110. The lowest BCUT2D eigenvalue weighted by Crippen LogP contribution is -2.43. The highest BCUT2D eigenvalue weighted by Crippen LogP contribution is 2.19. The molecule has 1 atom stereocenters. The van der Waals surface area contributed by atoms with Gasteiger partial charge in [0.15, 0.2) is 0 Å². The molecular weight excluding hydrogens is 250 g/mol. The predicted molar refractivity (Wildman–Crippen MR) is 81.2 cm³/mol. The zero-order valence-corrected chi connectivity index (χ0v) is 12.2. The van der Waals surface area contributed by atoms with Crippen molar-refractivity contribution in [1.29, 1.82) is 0 Å². The smallest absolute Gasteiger partial charge is 0.221 e. The minimum absolute atomic E-state index is 0.110. The summed E-state index contributed by atoms with van der Waals surface area (Å²) in [4.78, 5) is 14.2. The summed E-state index contributed by atoms with van der Waals surface area (Å²) >= 11 is 0. The van der Waals surface area contributed by atoms with E-state index < -0.39 is 0 Å². The van der Waals surface area contributed by atoms with Crippen molar-refractivity contribution in [2.45, 2.75) is 44.8 Å². The van der Waals surface area contributed by atoms with Crippen LogP contribution in [0.25, 0.3) is 0 Å². The monoisotopic (exact) mass is 275 g/mol. The second-order valence-corrected chi connectivity index (χ2v) is 5.48. The molecule has 0 aliphatic heterocycles. The van der Waals surface area contributed by atoms with Crippen LogP contribution in [-0.2, 0) is 11.3 Å². The SMILES string of the molecule is CCN(Cc1ccccc1)C(CN)CC(=O)NC1CC1. The number of likely N-dealkylation sites (N-methyl/N-ethyl adjacent to an activating group) is 1. The molecule has 2 rings (SSSR count). The van der Waals surface area contributed by atoms with Crippen LogP contribution in [0.1, 0.15) is 31.7 Å². The van der Waals surface area contributed by atoms with Gasteiger partial charge in [-0.3, -0.25) is 9.69 Å². The minimum Gasteiger partial charge on any atom is -0.353 e. The second kappa shape index (κ2) is 7.41. The van der Waals surface area contributed by atoms with E-state index in [4.69, 9.17) is 5.73 Å². The molecule has 1 amide bonds. The average molecular weight is 275 g/mol. The van der Waals surface area contributed by atoms with E-state index in [0.29, 0.717) is 19.0 Å². The summed E-state index contributed by atoms with van der Waals surface area (Å²) in [5.41, 5.74) is 7.14. The van der Waals surface area contributed by atoms with Crippen LogP contribution in [0.3, 0.4) is 0 Å². The lowest BCUT2D eigenvalue weighted by Gasteiger charge is -2.29. The summed E-state index contributed by atoms with van der Waals surface area (Å²) < 4.78 is 0.